The number of fused-ring (bicyclic) bond motifs is 1. The number of ether oxygens (including phenoxy) is 2. The maximum atomic E-state index is 12.1. The van der Waals surface area contributed by atoms with E-state index in [1.54, 1.807) is 18.2 Å². The van der Waals surface area contributed by atoms with Gasteiger partial charge in [0.05, 0.1) is 12.2 Å². The summed E-state index contributed by atoms with van der Waals surface area (Å²) in [5.74, 6) is 1.12. The molecule has 28 heavy (non-hydrogen) atoms. The highest BCUT2D eigenvalue weighted by atomic mass is 32.2. The van der Waals surface area contributed by atoms with Crippen LogP contribution < -0.4 is 20.1 Å². The first-order valence-electron chi connectivity index (χ1n) is 8.14. The van der Waals surface area contributed by atoms with Gasteiger partial charge < -0.3 is 20.1 Å². The molecule has 1 aliphatic heterocycles. The molecule has 4 rings (SSSR count). The third-order valence-corrected chi connectivity index (χ3v) is 6.40. The van der Waals surface area contributed by atoms with Gasteiger partial charge in [0.2, 0.25) is 23.7 Å². The molecular weight excluding hydrogens is 420 g/mol. The summed E-state index contributed by atoms with van der Waals surface area (Å²) in [7, 11) is 0. The number of carbonyl (C=O) groups is 2. The number of hydrogen-bond donors (Lipinski definition) is 2. The Morgan fingerprint density at radius 3 is 2.86 bits per heavy atom. The third kappa shape index (κ3) is 4.80. The average Bonchev–Trinajstić information content (AvgIpc) is 3.41. The van der Waals surface area contributed by atoms with Crippen molar-refractivity contribution in [3.63, 3.8) is 0 Å². The number of aromatic nitrogens is 2. The van der Waals surface area contributed by atoms with Gasteiger partial charge in [-0.05, 0) is 23.6 Å². The highest BCUT2D eigenvalue weighted by Crippen LogP contribution is 2.34. The summed E-state index contributed by atoms with van der Waals surface area (Å²) in [6.07, 6.45) is 0.303. The number of anilines is 2. The number of amides is 2. The molecule has 144 valence electrons. The Bertz CT molecular complexity index is 990. The normalized spacial score (nSPS) is 12.0. The highest BCUT2D eigenvalue weighted by molar-refractivity contribution is 8.01. The zero-order valence-electron chi connectivity index (χ0n) is 14.3. The van der Waals surface area contributed by atoms with Crippen molar-refractivity contribution in [3.05, 3.63) is 40.6 Å². The molecule has 0 unspecified atom stereocenters. The van der Waals surface area contributed by atoms with Gasteiger partial charge in [-0.25, -0.2) is 0 Å². The molecule has 0 spiro atoms. The smallest absolute Gasteiger partial charge is 0.234 e. The number of thiophene rings is 1. The lowest BCUT2D eigenvalue weighted by molar-refractivity contribution is -0.115. The Balaban J connectivity index is 1.25. The van der Waals surface area contributed by atoms with Gasteiger partial charge >= 0.3 is 0 Å². The fourth-order valence-corrected chi connectivity index (χ4v) is 4.62. The zero-order chi connectivity index (χ0) is 19.3. The molecule has 0 aliphatic carbocycles. The average molecular weight is 435 g/mol. The van der Waals surface area contributed by atoms with Gasteiger partial charge in [-0.3, -0.25) is 9.59 Å². The van der Waals surface area contributed by atoms with Crippen LogP contribution in [0.15, 0.2) is 40.1 Å². The number of carbonyl (C=O) groups excluding carboxylic acids is 2. The number of benzene rings is 1. The van der Waals surface area contributed by atoms with E-state index in [9.17, 15) is 9.59 Å². The van der Waals surface area contributed by atoms with Gasteiger partial charge in [-0.1, -0.05) is 29.2 Å². The molecule has 2 N–H and O–H groups in total. The minimum Gasteiger partial charge on any atom is -0.454 e. The standard InChI is InChI=1S/C17H14N4O4S3/c22-14(7-11-2-1-5-26-11)19-16-20-21-17(28-16)27-8-15(23)18-10-3-4-12-13(6-10)25-9-24-12/h1-6H,7-9H2,(H,18,23)(H,19,20,22). The summed E-state index contributed by atoms with van der Waals surface area (Å²) < 4.78 is 11.1. The lowest BCUT2D eigenvalue weighted by Crippen LogP contribution is -2.13. The van der Waals surface area contributed by atoms with Crippen LogP contribution in [0.3, 0.4) is 0 Å². The predicted octanol–water partition coefficient (Wildman–Crippen LogP) is 3.24. The fraction of sp³-hybridized carbons (Fsp3) is 0.176. The molecule has 0 saturated heterocycles. The van der Waals surface area contributed by atoms with Crippen LogP contribution in [-0.2, 0) is 16.0 Å². The van der Waals surface area contributed by atoms with Crippen LogP contribution in [0.25, 0.3) is 0 Å². The number of hydrogen-bond acceptors (Lipinski definition) is 9. The molecule has 11 heteroatoms. The van der Waals surface area contributed by atoms with Gasteiger partial charge in [0, 0.05) is 16.6 Å². The third-order valence-electron chi connectivity index (χ3n) is 3.55. The van der Waals surface area contributed by atoms with Gasteiger partial charge in [0.1, 0.15) is 0 Å². The van der Waals surface area contributed by atoms with E-state index in [4.69, 9.17) is 9.47 Å². The Hall–Kier alpha value is -2.63. The number of nitrogens with zero attached hydrogens (tertiary/aromatic N) is 2. The largest absolute Gasteiger partial charge is 0.454 e. The van der Waals surface area contributed by atoms with Crippen molar-refractivity contribution in [1.82, 2.24) is 10.2 Å². The molecule has 0 saturated carbocycles. The quantitative estimate of drug-likeness (QED) is 0.435. The van der Waals surface area contributed by atoms with Crippen LogP contribution in [0.4, 0.5) is 10.8 Å². The molecule has 1 aromatic carbocycles. The van der Waals surface area contributed by atoms with Crippen LogP contribution >= 0.6 is 34.4 Å². The summed E-state index contributed by atoms with van der Waals surface area (Å²) in [4.78, 5) is 25.1. The zero-order valence-corrected chi connectivity index (χ0v) is 16.8. The molecule has 1 aliphatic rings. The van der Waals surface area contributed by atoms with Gasteiger partial charge in [-0.15, -0.1) is 21.5 Å². The van der Waals surface area contributed by atoms with Gasteiger partial charge in [0.25, 0.3) is 0 Å². The number of nitrogens with one attached hydrogen (secondary N) is 2. The van der Waals surface area contributed by atoms with Crippen LogP contribution in [0.2, 0.25) is 0 Å². The van der Waals surface area contributed by atoms with Crippen molar-refractivity contribution in [2.75, 3.05) is 23.2 Å². The lowest BCUT2D eigenvalue weighted by atomic mass is 10.3. The van der Waals surface area contributed by atoms with E-state index < -0.39 is 0 Å². The molecule has 0 fully saturated rings. The monoisotopic (exact) mass is 434 g/mol. The molecule has 3 aromatic rings. The Morgan fingerprint density at radius 2 is 2.00 bits per heavy atom. The first-order chi connectivity index (χ1) is 13.7. The van der Waals surface area contributed by atoms with Crippen LogP contribution in [0.1, 0.15) is 4.88 Å². The number of rotatable bonds is 7. The van der Waals surface area contributed by atoms with E-state index in [1.807, 2.05) is 17.5 Å². The Morgan fingerprint density at radius 1 is 1.11 bits per heavy atom. The second-order valence-electron chi connectivity index (χ2n) is 5.58. The van der Waals surface area contributed by atoms with E-state index in [0.717, 1.165) is 4.88 Å². The summed E-state index contributed by atoms with van der Waals surface area (Å²) in [6, 6.07) is 9.03. The lowest BCUT2D eigenvalue weighted by Gasteiger charge is -2.05. The summed E-state index contributed by atoms with van der Waals surface area (Å²) in [6.45, 7) is 0.186. The van der Waals surface area contributed by atoms with E-state index >= 15 is 0 Å². The van der Waals surface area contributed by atoms with Gasteiger partial charge in [0.15, 0.2) is 15.8 Å². The molecule has 0 bridgehead atoms. The number of thioether (sulfide) groups is 1. The summed E-state index contributed by atoms with van der Waals surface area (Å²) in [5.41, 5.74) is 0.633. The van der Waals surface area contributed by atoms with Crippen molar-refractivity contribution >= 4 is 57.1 Å². The minimum absolute atomic E-state index is 0.143. The Kier molecular flexibility index (Phi) is 5.74. The Labute approximate surface area is 172 Å². The van der Waals surface area contributed by atoms with Crippen molar-refractivity contribution in [2.24, 2.45) is 0 Å². The van der Waals surface area contributed by atoms with E-state index in [2.05, 4.69) is 20.8 Å². The maximum absolute atomic E-state index is 12.1. The van der Waals surface area contributed by atoms with Crippen molar-refractivity contribution < 1.29 is 19.1 Å². The molecule has 2 amide bonds. The first-order valence-corrected chi connectivity index (χ1v) is 10.8. The second kappa shape index (κ2) is 8.59. The molecule has 8 nitrogen and oxygen atoms in total. The SMILES string of the molecule is O=C(CSc1nnc(NC(=O)Cc2cccs2)s1)Nc1ccc2c(c1)OCO2. The van der Waals surface area contributed by atoms with Crippen LogP contribution in [0, 0.1) is 0 Å². The minimum atomic E-state index is -0.178. The summed E-state index contributed by atoms with van der Waals surface area (Å²) >= 11 is 4.02. The molecule has 2 aromatic heterocycles. The van der Waals surface area contributed by atoms with Crippen molar-refractivity contribution in [1.29, 1.82) is 0 Å². The van der Waals surface area contributed by atoms with Crippen molar-refractivity contribution in [2.45, 2.75) is 10.8 Å². The predicted molar refractivity (Wildman–Crippen MR) is 108 cm³/mol. The fourth-order valence-electron chi connectivity index (χ4n) is 2.35. The van der Waals surface area contributed by atoms with Crippen LogP contribution in [0.5, 0.6) is 11.5 Å². The highest BCUT2D eigenvalue weighted by Gasteiger charge is 2.15. The van der Waals surface area contributed by atoms with E-state index in [1.165, 1.54) is 34.4 Å². The van der Waals surface area contributed by atoms with E-state index in [0.29, 0.717) is 33.1 Å². The molecule has 0 atom stereocenters. The topological polar surface area (TPSA) is 102 Å². The first kappa shape index (κ1) is 18.7. The molecule has 0 radical (unpaired) electrons. The van der Waals surface area contributed by atoms with Crippen molar-refractivity contribution in [3.8, 4) is 11.5 Å². The van der Waals surface area contributed by atoms with Gasteiger partial charge in [-0.2, -0.15) is 0 Å². The second-order valence-corrected chi connectivity index (χ2v) is 8.81. The van der Waals surface area contributed by atoms with Crippen LogP contribution in [-0.4, -0.2) is 34.6 Å². The maximum Gasteiger partial charge on any atom is 0.234 e. The molecule has 3 heterocycles. The van der Waals surface area contributed by atoms with E-state index in [-0.39, 0.29) is 24.4 Å². The molecular formula is C17H14N4O4S3. The summed E-state index contributed by atoms with van der Waals surface area (Å²) in [5, 5.41) is 15.8.